The van der Waals surface area contributed by atoms with Gasteiger partial charge in [-0.05, 0) is 6.42 Å². The van der Waals surface area contributed by atoms with Gasteiger partial charge in [-0.2, -0.15) is 4.98 Å². The van der Waals surface area contributed by atoms with E-state index in [1.807, 2.05) is 0 Å². The number of carboxylic acid groups (broad SMARTS) is 1. The van der Waals surface area contributed by atoms with Crippen LogP contribution in [-0.2, 0) is 4.79 Å². The minimum absolute atomic E-state index is 0.160. The molecular weight excluding hydrogens is 202 g/mol. The highest BCUT2D eigenvalue weighted by atomic mass is 16.5. The molecule has 0 aromatic carbocycles. The normalized spacial score (nSPS) is 12.1. The standard InChI is InChI=1S/C8H11N3O4/c1-3-5(8(13)14)10-7(12)6-9-4(2)15-11-6/h5H,3H2,1-2H3,(H,10,12)(H,13,14). The Morgan fingerprint density at radius 3 is 2.67 bits per heavy atom. The van der Waals surface area contributed by atoms with E-state index in [1.54, 1.807) is 6.92 Å². The Balaban J connectivity index is 2.66. The van der Waals surface area contributed by atoms with Gasteiger partial charge in [-0.3, -0.25) is 4.79 Å². The second-order valence-electron chi connectivity index (χ2n) is 2.91. The number of aliphatic carboxylic acids is 1. The number of carbonyl (C=O) groups is 2. The third kappa shape index (κ3) is 2.76. The van der Waals surface area contributed by atoms with Crippen LogP contribution in [0.5, 0.6) is 0 Å². The van der Waals surface area contributed by atoms with Gasteiger partial charge in [0.2, 0.25) is 5.89 Å². The summed E-state index contributed by atoms with van der Waals surface area (Å²) >= 11 is 0. The van der Waals surface area contributed by atoms with Gasteiger partial charge in [0.25, 0.3) is 11.7 Å². The molecule has 1 amide bonds. The number of hydrogen-bond acceptors (Lipinski definition) is 5. The lowest BCUT2D eigenvalue weighted by Gasteiger charge is -2.09. The zero-order valence-corrected chi connectivity index (χ0v) is 8.35. The average Bonchev–Trinajstić information content (AvgIpc) is 2.60. The maximum absolute atomic E-state index is 11.4. The van der Waals surface area contributed by atoms with Crippen LogP contribution in [-0.4, -0.2) is 33.2 Å². The first-order valence-corrected chi connectivity index (χ1v) is 4.38. The van der Waals surface area contributed by atoms with Crippen LogP contribution in [0.4, 0.5) is 0 Å². The van der Waals surface area contributed by atoms with Crippen molar-refractivity contribution in [3.63, 3.8) is 0 Å². The highest BCUT2D eigenvalue weighted by molar-refractivity contribution is 5.93. The van der Waals surface area contributed by atoms with E-state index in [0.717, 1.165) is 0 Å². The summed E-state index contributed by atoms with van der Waals surface area (Å²) in [5.41, 5.74) is 0. The minimum Gasteiger partial charge on any atom is -0.480 e. The molecule has 0 bridgehead atoms. The Labute approximate surface area is 85.5 Å². The van der Waals surface area contributed by atoms with E-state index in [-0.39, 0.29) is 18.1 Å². The van der Waals surface area contributed by atoms with Crippen LogP contribution in [0.25, 0.3) is 0 Å². The van der Waals surface area contributed by atoms with Crippen LogP contribution in [0.2, 0.25) is 0 Å². The fourth-order valence-electron chi connectivity index (χ4n) is 0.953. The minimum atomic E-state index is -1.09. The van der Waals surface area contributed by atoms with E-state index >= 15 is 0 Å². The average molecular weight is 213 g/mol. The number of hydrogen-bond donors (Lipinski definition) is 2. The van der Waals surface area contributed by atoms with E-state index < -0.39 is 17.9 Å². The molecule has 0 spiro atoms. The predicted molar refractivity (Wildman–Crippen MR) is 48.2 cm³/mol. The highest BCUT2D eigenvalue weighted by Crippen LogP contribution is 1.97. The van der Waals surface area contributed by atoms with Crippen molar-refractivity contribution in [2.75, 3.05) is 0 Å². The molecule has 0 fully saturated rings. The molecular formula is C8H11N3O4. The summed E-state index contributed by atoms with van der Waals surface area (Å²) in [5, 5.41) is 14.3. The number of nitrogens with one attached hydrogen (secondary N) is 1. The van der Waals surface area contributed by atoms with E-state index in [0.29, 0.717) is 0 Å². The SMILES string of the molecule is CCC(NC(=O)c1noc(C)n1)C(=O)O. The number of amides is 1. The van der Waals surface area contributed by atoms with Gasteiger partial charge in [0.15, 0.2) is 0 Å². The summed E-state index contributed by atoms with van der Waals surface area (Å²) in [7, 11) is 0. The Bertz CT molecular complexity index is 374. The molecule has 0 aliphatic rings. The maximum Gasteiger partial charge on any atom is 0.326 e. The molecule has 1 heterocycles. The van der Waals surface area contributed by atoms with Crippen LogP contribution >= 0.6 is 0 Å². The van der Waals surface area contributed by atoms with Crippen molar-refractivity contribution in [3.8, 4) is 0 Å². The molecule has 0 radical (unpaired) electrons. The fourth-order valence-corrected chi connectivity index (χ4v) is 0.953. The highest BCUT2D eigenvalue weighted by Gasteiger charge is 2.21. The molecule has 1 aromatic rings. The number of nitrogens with zero attached hydrogens (tertiary/aromatic N) is 2. The summed E-state index contributed by atoms with van der Waals surface area (Å²) < 4.78 is 4.59. The Morgan fingerprint density at radius 1 is 1.60 bits per heavy atom. The van der Waals surface area contributed by atoms with E-state index in [1.165, 1.54) is 6.92 Å². The van der Waals surface area contributed by atoms with Crippen molar-refractivity contribution in [2.45, 2.75) is 26.3 Å². The summed E-state index contributed by atoms with van der Waals surface area (Å²) in [4.78, 5) is 25.7. The monoisotopic (exact) mass is 213 g/mol. The van der Waals surface area contributed by atoms with Crippen LogP contribution in [0.1, 0.15) is 29.9 Å². The Kier molecular flexibility index (Phi) is 3.37. The van der Waals surface area contributed by atoms with E-state index in [4.69, 9.17) is 5.11 Å². The smallest absolute Gasteiger partial charge is 0.326 e. The molecule has 0 saturated carbocycles. The number of aryl methyl sites for hydroxylation is 1. The van der Waals surface area contributed by atoms with Crippen LogP contribution in [0.15, 0.2) is 4.52 Å². The van der Waals surface area contributed by atoms with Gasteiger partial charge in [0.1, 0.15) is 6.04 Å². The summed E-state index contributed by atoms with van der Waals surface area (Å²) in [6.07, 6.45) is 0.290. The molecule has 0 aliphatic heterocycles. The number of rotatable bonds is 4. The van der Waals surface area contributed by atoms with Gasteiger partial charge < -0.3 is 14.9 Å². The lowest BCUT2D eigenvalue weighted by molar-refractivity contribution is -0.139. The van der Waals surface area contributed by atoms with Gasteiger partial charge >= 0.3 is 5.97 Å². The number of aromatic nitrogens is 2. The largest absolute Gasteiger partial charge is 0.480 e. The quantitative estimate of drug-likeness (QED) is 0.727. The first kappa shape index (κ1) is 11.2. The fraction of sp³-hybridized carbons (Fsp3) is 0.500. The molecule has 15 heavy (non-hydrogen) atoms. The molecule has 1 rings (SSSR count). The second kappa shape index (κ2) is 4.54. The Morgan fingerprint density at radius 2 is 2.27 bits per heavy atom. The zero-order chi connectivity index (χ0) is 11.4. The van der Waals surface area contributed by atoms with Gasteiger partial charge in [-0.25, -0.2) is 4.79 Å². The van der Waals surface area contributed by atoms with E-state index in [2.05, 4.69) is 20.0 Å². The zero-order valence-electron chi connectivity index (χ0n) is 8.35. The first-order chi connectivity index (χ1) is 7.04. The van der Waals surface area contributed by atoms with Crippen molar-refractivity contribution in [3.05, 3.63) is 11.7 Å². The molecule has 1 unspecified atom stereocenters. The Hall–Kier alpha value is -1.92. The molecule has 0 saturated heterocycles. The third-order valence-corrected chi connectivity index (χ3v) is 1.74. The third-order valence-electron chi connectivity index (χ3n) is 1.74. The van der Waals surface area contributed by atoms with Crippen molar-refractivity contribution in [2.24, 2.45) is 0 Å². The van der Waals surface area contributed by atoms with Gasteiger partial charge in [0.05, 0.1) is 0 Å². The first-order valence-electron chi connectivity index (χ1n) is 4.38. The number of carboxylic acids is 1. The van der Waals surface area contributed by atoms with Crippen LogP contribution in [0, 0.1) is 6.92 Å². The van der Waals surface area contributed by atoms with Crippen molar-refractivity contribution in [1.29, 1.82) is 0 Å². The van der Waals surface area contributed by atoms with Gasteiger partial charge in [-0.1, -0.05) is 12.1 Å². The topological polar surface area (TPSA) is 105 Å². The summed E-state index contributed by atoms with van der Waals surface area (Å²) in [6, 6.07) is -0.934. The predicted octanol–water partition coefficient (Wildman–Crippen LogP) is -0.0290. The molecule has 0 aliphatic carbocycles. The maximum atomic E-state index is 11.4. The summed E-state index contributed by atoms with van der Waals surface area (Å²) in [5.74, 6) is -1.65. The number of carbonyl (C=O) groups excluding carboxylic acids is 1. The lowest BCUT2D eigenvalue weighted by atomic mass is 10.2. The van der Waals surface area contributed by atoms with Crippen molar-refractivity contribution in [1.82, 2.24) is 15.5 Å². The molecule has 1 atom stereocenters. The molecule has 1 aromatic heterocycles. The van der Waals surface area contributed by atoms with Gasteiger partial charge in [-0.15, -0.1) is 0 Å². The van der Waals surface area contributed by atoms with Crippen LogP contribution in [0.3, 0.4) is 0 Å². The lowest BCUT2D eigenvalue weighted by Crippen LogP contribution is -2.40. The van der Waals surface area contributed by atoms with E-state index in [9.17, 15) is 9.59 Å². The van der Waals surface area contributed by atoms with Crippen LogP contribution < -0.4 is 5.32 Å². The van der Waals surface area contributed by atoms with Crippen molar-refractivity contribution < 1.29 is 19.2 Å². The molecule has 82 valence electrons. The van der Waals surface area contributed by atoms with Crippen molar-refractivity contribution >= 4 is 11.9 Å². The second-order valence-corrected chi connectivity index (χ2v) is 2.91. The molecule has 2 N–H and O–H groups in total. The molecule has 7 heteroatoms. The molecule has 7 nitrogen and oxygen atoms in total. The van der Waals surface area contributed by atoms with Gasteiger partial charge in [0, 0.05) is 6.92 Å². The summed E-state index contributed by atoms with van der Waals surface area (Å²) in [6.45, 7) is 3.19.